The molecule has 40 heavy (non-hydrogen) atoms. The summed E-state index contributed by atoms with van der Waals surface area (Å²) in [6.45, 7) is 0.412. The topological polar surface area (TPSA) is 126 Å². The summed E-state index contributed by atoms with van der Waals surface area (Å²) in [6.07, 6.45) is 6.15. The Morgan fingerprint density at radius 1 is 1.05 bits per heavy atom. The van der Waals surface area contributed by atoms with Gasteiger partial charge in [0.15, 0.2) is 0 Å². The van der Waals surface area contributed by atoms with Gasteiger partial charge in [0.05, 0.1) is 11.3 Å². The number of carbonyl (C=O) groups excluding carboxylic acids is 2. The van der Waals surface area contributed by atoms with Gasteiger partial charge in [-0.15, -0.1) is 5.53 Å². The van der Waals surface area contributed by atoms with Gasteiger partial charge in [0.2, 0.25) is 11.8 Å². The molecule has 3 aromatic carbocycles. The molecule has 204 valence electrons. The number of hydrogen-bond acceptors (Lipinski definition) is 7. The maximum absolute atomic E-state index is 13.7. The Morgan fingerprint density at radius 3 is 2.52 bits per heavy atom. The van der Waals surface area contributed by atoms with Gasteiger partial charge in [-0.05, 0) is 66.9 Å². The minimum Gasteiger partial charge on any atom is -0.478 e. The van der Waals surface area contributed by atoms with Gasteiger partial charge in [-0.3, -0.25) is 9.59 Å². The highest BCUT2D eigenvalue weighted by atomic mass is 35.5. The highest BCUT2D eigenvalue weighted by Gasteiger charge is 2.39. The first-order chi connectivity index (χ1) is 19.4. The number of carboxylic acid groups (broad SMARTS) is 1. The lowest BCUT2D eigenvalue weighted by atomic mass is 9.82. The molecule has 0 saturated carbocycles. The number of hydrogen-bond donors (Lipinski definition) is 4. The van der Waals surface area contributed by atoms with Crippen LogP contribution in [-0.4, -0.2) is 46.7 Å². The average Bonchev–Trinajstić information content (AvgIpc) is 3.51. The van der Waals surface area contributed by atoms with Gasteiger partial charge >= 0.3 is 5.97 Å². The lowest BCUT2D eigenvalue weighted by molar-refractivity contribution is -0.137. The van der Waals surface area contributed by atoms with Crippen LogP contribution in [0.3, 0.4) is 0 Å². The normalized spacial score (nSPS) is 18.5. The van der Waals surface area contributed by atoms with E-state index in [9.17, 15) is 19.5 Å². The van der Waals surface area contributed by atoms with Crippen molar-refractivity contribution in [2.75, 3.05) is 16.9 Å². The number of hydrazone groups is 1. The van der Waals surface area contributed by atoms with Crippen molar-refractivity contribution in [3.05, 3.63) is 101 Å². The van der Waals surface area contributed by atoms with Crippen molar-refractivity contribution in [2.45, 2.75) is 24.8 Å². The second-order valence-electron chi connectivity index (χ2n) is 9.38. The zero-order valence-corrected chi connectivity index (χ0v) is 22.1. The number of hydrazine groups is 2. The Morgan fingerprint density at radius 2 is 1.82 bits per heavy atom. The van der Waals surface area contributed by atoms with Gasteiger partial charge in [-0.1, -0.05) is 41.9 Å². The summed E-state index contributed by atoms with van der Waals surface area (Å²) >= 11 is 6.24. The molecule has 2 aliphatic rings. The molecule has 0 unspecified atom stereocenters. The summed E-state index contributed by atoms with van der Waals surface area (Å²) in [5.74, 6) is -1.92. The van der Waals surface area contributed by atoms with Crippen molar-refractivity contribution in [1.82, 2.24) is 16.0 Å². The molecule has 2 amide bonds. The number of rotatable bonds is 7. The van der Waals surface area contributed by atoms with E-state index in [1.165, 1.54) is 18.2 Å². The Kier molecular flexibility index (Phi) is 8.09. The zero-order chi connectivity index (χ0) is 28.1. The van der Waals surface area contributed by atoms with Crippen molar-refractivity contribution in [2.24, 2.45) is 5.10 Å². The monoisotopic (exact) mass is 558 g/mol. The molecule has 1 saturated heterocycles. The van der Waals surface area contributed by atoms with Crippen molar-refractivity contribution < 1.29 is 19.5 Å². The van der Waals surface area contributed by atoms with Crippen molar-refractivity contribution >= 4 is 53.2 Å². The predicted molar refractivity (Wildman–Crippen MR) is 154 cm³/mol. The second-order valence-corrected chi connectivity index (χ2v) is 9.82. The molecule has 2 atom stereocenters. The molecule has 5 rings (SSSR count). The van der Waals surface area contributed by atoms with Gasteiger partial charge < -0.3 is 15.3 Å². The third kappa shape index (κ3) is 5.98. The molecule has 0 aromatic heterocycles. The van der Waals surface area contributed by atoms with Gasteiger partial charge in [-0.25, -0.2) is 15.3 Å². The van der Waals surface area contributed by atoms with Crippen LogP contribution in [-0.2, 0) is 9.59 Å². The van der Waals surface area contributed by atoms with Crippen molar-refractivity contribution in [3.63, 3.8) is 0 Å². The van der Waals surface area contributed by atoms with Crippen LogP contribution < -0.4 is 21.4 Å². The molecule has 0 spiro atoms. The van der Waals surface area contributed by atoms with E-state index >= 15 is 0 Å². The molecular formula is C29H27ClN6O4. The van der Waals surface area contributed by atoms with Crippen LogP contribution in [0.5, 0.6) is 0 Å². The first-order valence-electron chi connectivity index (χ1n) is 12.7. The molecule has 2 heterocycles. The van der Waals surface area contributed by atoms with E-state index < -0.39 is 12.0 Å². The minimum atomic E-state index is -1.05. The standard InChI is InChI=1S/C29H27ClN6O4/c30-22-11-14-25(36-18-31-33-34-36)21(17-22)10-15-26(37)35-16-4-7-24(19-5-2-1-3-6-19)27(35)28(38)32-23-12-8-20(9-13-23)29(39)40/h1-3,5-6,8-15,17-18,24,27,33-34H,4,7,16H2,(H,32,38)(H,39,40)/b15-10+/t24-,27-/m0/s1. The number of likely N-dealkylation sites (tertiary alicyclic amines) is 1. The summed E-state index contributed by atoms with van der Waals surface area (Å²) in [7, 11) is 0. The Bertz CT molecular complexity index is 1460. The summed E-state index contributed by atoms with van der Waals surface area (Å²) in [5.41, 5.74) is 8.44. The van der Waals surface area contributed by atoms with Crippen LogP contribution in [0.2, 0.25) is 5.02 Å². The molecular weight excluding hydrogens is 532 g/mol. The van der Waals surface area contributed by atoms with Crippen molar-refractivity contribution in [3.8, 4) is 0 Å². The fourth-order valence-corrected chi connectivity index (χ4v) is 5.17. The molecule has 4 N–H and O–H groups in total. The van der Waals surface area contributed by atoms with Gasteiger partial charge in [0, 0.05) is 34.8 Å². The Labute approximate surface area is 235 Å². The lowest BCUT2D eigenvalue weighted by Crippen LogP contribution is -2.53. The SMILES string of the molecule is O=C(O)c1ccc(NC(=O)[C@@H]2[C@H](c3ccccc3)CCCN2C(=O)/C=C/c2cc(Cl)ccc2N2C=NNN2)cc1. The van der Waals surface area contributed by atoms with Gasteiger partial charge in [-0.2, -0.15) is 5.10 Å². The minimum absolute atomic E-state index is 0.117. The highest BCUT2D eigenvalue weighted by Crippen LogP contribution is 2.34. The quantitative estimate of drug-likeness (QED) is 0.320. The molecule has 10 nitrogen and oxygen atoms in total. The number of carbonyl (C=O) groups is 3. The smallest absolute Gasteiger partial charge is 0.335 e. The van der Waals surface area contributed by atoms with Crippen LogP contribution in [0.4, 0.5) is 11.4 Å². The van der Waals surface area contributed by atoms with Crippen LogP contribution in [0.15, 0.2) is 84.0 Å². The van der Waals surface area contributed by atoms with Crippen LogP contribution in [0, 0.1) is 0 Å². The molecule has 0 radical (unpaired) electrons. The predicted octanol–water partition coefficient (Wildman–Crippen LogP) is 4.24. The Balaban J connectivity index is 1.43. The third-order valence-electron chi connectivity index (χ3n) is 6.87. The second kappa shape index (κ2) is 12.0. The number of benzene rings is 3. The van der Waals surface area contributed by atoms with Gasteiger partial charge in [0.25, 0.3) is 0 Å². The van der Waals surface area contributed by atoms with E-state index in [1.54, 1.807) is 52.7 Å². The maximum atomic E-state index is 13.7. The van der Waals surface area contributed by atoms with Crippen LogP contribution in [0.1, 0.15) is 40.2 Å². The number of aromatic carboxylic acids is 1. The van der Waals surface area contributed by atoms with Crippen molar-refractivity contribution in [1.29, 1.82) is 0 Å². The number of piperidine rings is 1. The number of nitrogens with one attached hydrogen (secondary N) is 3. The molecule has 2 aliphatic heterocycles. The summed E-state index contributed by atoms with van der Waals surface area (Å²) in [6, 6.07) is 20.1. The first kappa shape index (κ1) is 26.9. The number of carboxylic acids is 1. The van der Waals surface area contributed by atoms with E-state index in [4.69, 9.17) is 11.6 Å². The number of halogens is 1. The summed E-state index contributed by atoms with van der Waals surface area (Å²) < 4.78 is 0. The maximum Gasteiger partial charge on any atom is 0.335 e. The molecule has 0 bridgehead atoms. The third-order valence-corrected chi connectivity index (χ3v) is 7.11. The lowest BCUT2D eigenvalue weighted by Gasteiger charge is -2.40. The number of anilines is 2. The molecule has 11 heteroatoms. The largest absolute Gasteiger partial charge is 0.478 e. The number of amides is 2. The van der Waals surface area contributed by atoms with E-state index in [1.807, 2.05) is 30.3 Å². The van der Waals surface area contributed by atoms with E-state index in [0.717, 1.165) is 24.1 Å². The zero-order valence-electron chi connectivity index (χ0n) is 21.3. The highest BCUT2D eigenvalue weighted by molar-refractivity contribution is 6.30. The average molecular weight is 559 g/mol. The fourth-order valence-electron chi connectivity index (χ4n) is 4.98. The molecule has 1 fully saturated rings. The van der Waals surface area contributed by atoms with E-state index in [0.29, 0.717) is 22.8 Å². The molecule has 3 aromatic rings. The molecule has 0 aliphatic carbocycles. The Hall–Kier alpha value is -4.67. The van der Waals surface area contributed by atoms with Crippen LogP contribution >= 0.6 is 11.6 Å². The number of nitrogens with zero attached hydrogens (tertiary/aromatic N) is 3. The van der Waals surface area contributed by atoms with Crippen LogP contribution in [0.25, 0.3) is 6.08 Å². The fraction of sp³-hybridized carbons (Fsp3) is 0.172. The summed E-state index contributed by atoms with van der Waals surface area (Å²) in [4.78, 5) is 40.2. The van der Waals surface area contributed by atoms with E-state index in [-0.39, 0.29) is 23.3 Å². The van der Waals surface area contributed by atoms with E-state index in [2.05, 4.69) is 21.5 Å². The van der Waals surface area contributed by atoms with Gasteiger partial charge in [0.1, 0.15) is 12.4 Å². The first-order valence-corrected chi connectivity index (χ1v) is 13.1. The summed E-state index contributed by atoms with van der Waals surface area (Å²) in [5, 5.41) is 18.2.